The highest BCUT2D eigenvalue weighted by Crippen LogP contribution is 2.10. The van der Waals surface area contributed by atoms with Crippen LogP contribution in [0.4, 0.5) is 0 Å². The SMILES string of the molecule is O=C(O)c1cccc(CC(=O)N2CCS(=O)(=O)CC2)c1. The molecular weight excluding hydrogens is 282 g/mol. The standard InChI is InChI=1S/C13H15NO5S/c15-12(14-4-6-20(18,19)7-5-14)9-10-2-1-3-11(8-10)13(16)17/h1-3,8H,4-7,9H2,(H,16,17). The van der Waals surface area contributed by atoms with Crippen molar-refractivity contribution >= 4 is 21.7 Å². The van der Waals surface area contributed by atoms with Crippen molar-refractivity contribution in [2.75, 3.05) is 24.6 Å². The molecule has 1 aromatic carbocycles. The highest BCUT2D eigenvalue weighted by Gasteiger charge is 2.24. The van der Waals surface area contributed by atoms with E-state index in [0.29, 0.717) is 5.56 Å². The van der Waals surface area contributed by atoms with Crippen LogP contribution in [0.25, 0.3) is 0 Å². The number of amides is 1. The molecule has 0 unspecified atom stereocenters. The van der Waals surface area contributed by atoms with E-state index < -0.39 is 15.8 Å². The van der Waals surface area contributed by atoms with Crippen LogP contribution >= 0.6 is 0 Å². The summed E-state index contributed by atoms with van der Waals surface area (Å²) in [4.78, 5) is 24.4. The molecule has 0 radical (unpaired) electrons. The van der Waals surface area contributed by atoms with Gasteiger partial charge in [-0.05, 0) is 17.7 Å². The number of rotatable bonds is 3. The normalized spacial score (nSPS) is 17.7. The molecule has 6 nitrogen and oxygen atoms in total. The Morgan fingerprint density at radius 3 is 2.45 bits per heavy atom. The fraction of sp³-hybridized carbons (Fsp3) is 0.385. The Hall–Kier alpha value is -1.89. The maximum absolute atomic E-state index is 12.0. The van der Waals surface area contributed by atoms with E-state index in [1.54, 1.807) is 12.1 Å². The number of hydrogen-bond donors (Lipinski definition) is 1. The fourth-order valence-electron chi connectivity index (χ4n) is 2.06. The van der Waals surface area contributed by atoms with E-state index in [2.05, 4.69) is 0 Å². The Kier molecular flexibility index (Phi) is 4.08. The number of nitrogens with zero attached hydrogens (tertiary/aromatic N) is 1. The van der Waals surface area contributed by atoms with Gasteiger partial charge in [0.05, 0.1) is 23.5 Å². The molecule has 1 aliphatic heterocycles. The van der Waals surface area contributed by atoms with Crippen LogP contribution in [0.3, 0.4) is 0 Å². The summed E-state index contributed by atoms with van der Waals surface area (Å²) in [5.41, 5.74) is 0.750. The van der Waals surface area contributed by atoms with Crippen molar-refractivity contribution < 1.29 is 23.1 Å². The van der Waals surface area contributed by atoms with Crippen molar-refractivity contribution in [1.29, 1.82) is 0 Å². The molecule has 108 valence electrons. The zero-order valence-corrected chi connectivity index (χ0v) is 11.6. The Labute approximate surface area is 116 Å². The first-order valence-corrected chi connectivity index (χ1v) is 8.00. The van der Waals surface area contributed by atoms with Crippen LogP contribution < -0.4 is 0 Å². The highest BCUT2D eigenvalue weighted by molar-refractivity contribution is 7.91. The number of carboxylic acids is 1. The van der Waals surface area contributed by atoms with E-state index >= 15 is 0 Å². The van der Waals surface area contributed by atoms with Gasteiger partial charge in [-0.2, -0.15) is 0 Å². The largest absolute Gasteiger partial charge is 0.478 e. The van der Waals surface area contributed by atoms with Gasteiger partial charge in [-0.25, -0.2) is 13.2 Å². The lowest BCUT2D eigenvalue weighted by Gasteiger charge is -2.26. The third kappa shape index (κ3) is 3.57. The van der Waals surface area contributed by atoms with Crippen molar-refractivity contribution in [2.24, 2.45) is 0 Å². The predicted molar refractivity (Wildman–Crippen MR) is 72.3 cm³/mol. The lowest BCUT2D eigenvalue weighted by Crippen LogP contribution is -2.44. The molecule has 1 N–H and O–H groups in total. The van der Waals surface area contributed by atoms with Crippen LogP contribution in [0.2, 0.25) is 0 Å². The van der Waals surface area contributed by atoms with Gasteiger partial charge in [0.2, 0.25) is 5.91 Å². The fourth-order valence-corrected chi connectivity index (χ4v) is 3.26. The van der Waals surface area contributed by atoms with Crippen LogP contribution in [-0.4, -0.2) is 54.9 Å². The number of carbonyl (C=O) groups excluding carboxylic acids is 1. The summed E-state index contributed by atoms with van der Waals surface area (Å²) >= 11 is 0. The van der Waals surface area contributed by atoms with Gasteiger partial charge in [0, 0.05) is 13.1 Å². The summed E-state index contributed by atoms with van der Waals surface area (Å²) in [6.07, 6.45) is 0.0845. The van der Waals surface area contributed by atoms with Crippen molar-refractivity contribution in [2.45, 2.75) is 6.42 Å². The van der Waals surface area contributed by atoms with Gasteiger partial charge in [-0.15, -0.1) is 0 Å². The second-order valence-electron chi connectivity index (χ2n) is 4.71. The molecular formula is C13H15NO5S. The second-order valence-corrected chi connectivity index (χ2v) is 7.02. The topological polar surface area (TPSA) is 91.8 Å². The summed E-state index contributed by atoms with van der Waals surface area (Å²) < 4.78 is 22.6. The number of sulfone groups is 1. The lowest BCUT2D eigenvalue weighted by molar-refractivity contribution is -0.130. The molecule has 0 saturated carbocycles. The van der Waals surface area contributed by atoms with E-state index in [1.807, 2.05) is 0 Å². The average molecular weight is 297 g/mol. The molecule has 0 aliphatic carbocycles. The predicted octanol–water partition coefficient (Wildman–Crippen LogP) is 0.184. The van der Waals surface area contributed by atoms with E-state index in [-0.39, 0.29) is 42.5 Å². The van der Waals surface area contributed by atoms with Gasteiger partial charge in [0.1, 0.15) is 0 Å². The van der Waals surface area contributed by atoms with Crippen LogP contribution in [0.1, 0.15) is 15.9 Å². The quantitative estimate of drug-likeness (QED) is 0.859. The van der Waals surface area contributed by atoms with Crippen molar-refractivity contribution in [3.05, 3.63) is 35.4 Å². The smallest absolute Gasteiger partial charge is 0.335 e. The zero-order chi connectivity index (χ0) is 14.8. The molecule has 1 amide bonds. The molecule has 0 aromatic heterocycles. The molecule has 0 bridgehead atoms. The first-order valence-electron chi connectivity index (χ1n) is 6.18. The van der Waals surface area contributed by atoms with Crippen molar-refractivity contribution in [3.63, 3.8) is 0 Å². The van der Waals surface area contributed by atoms with Gasteiger partial charge in [-0.1, -0.05) is 12.1 Å². The summed E-state index contributed by atoms with van der Waals surface area (Å²) in [5.74, 6) is -1.23. The molecule has 2 rings (SSSR count). The minimum atomic E-state index is -3.01. The molecule has 0 atom stereocenters. The van der Waals surface area contributed by atoms with E-state index in [9.17, 15) is 18.0 Å². The van der Waals surface area contributed by atoms with Gasteiger partial charge in [-0.3, -0.25) is 4.79 Å². The molecule has 1 aromatic rings. The van der Waals surface area contributed by atoms with Crippen molar-refractivity contribution in [3.8, 4) is 0 Å². The molecule has 7 heteroatoms. The number of aromatic carboxylic acids is 1. The van der Waals surface area contributed by atoms with Crippen molar-refractivity contribution in [1.82, 2.24) is 4.90 Å². The average Bonchev–Trinajstić information content (AvgIpc) is 2.38. The Morgan fingerprint density at radius 1 is 1.20 bits per heavy atom. The van der Waals surface area contributed by atoms with Crippen LogP contribution in [-0.2, 0) is 21.1 Å². The van der Waals surface area contributed by atoms with Crippen LogP contribution in [0, 0.1) is 0 Å². The minimum absolute atomic E-state index is 0.00605. The van der Waals surface area contributed by atoms with E-state index in [1.165, 1.54) is 17.0 Å². The maximum Gasteiger partial charge on any atom is 0.335 e. The first-order chi connectivity index (χ1) is 9.37. The number of hydrogen-bond acceptors (Lipinski definition) is 4. The van der Waals surface area contributed by atoms with Gasteiger partial charge in [0.15, 0.2) is 9.84 Å². The number of benzene rings is 1. The first kappa shape index (κ1) is 14.5. The van der Waals surface area contributed by atoms with Gasteiger partial charge in [0.25, 0.3) is 0 Å². The molecule has 0 spiro atoms. The molecule has 1 fully saturated rings. The van der Waals surface area contributed by atoms with Crippen LogP contribution in [0.5, 0.6) is 0 Å². The molecule has 1 saturated heterocycles. The molecule has 1 aliphatic rings. The molecule has 20 heavy (non-hydrogen) atoms. The summed E-state index contributed by atoms with van der Waals surface area (Å²) in [5, 5.41) is 8.89. The van der Waals surface area contributed by atoms with E-state index in [4.69, 9.17) is 5.11 Å². The molecule has 1 heterocycles. The third-order valence-electron chi connectivity index (χ3n) is 3.23. The lowest BCUT2D eigenvalue weighted by atomic mass is 10.1. The van der Waals surface area contributed by atoms with E-state index in [0.717, 1.165) is 0 Å². The third-order valence-corrected chi connectivity index (χ3v) is 4.84. The summed E-state index contributed by atoms with van der Waals surface area (Å²) in [6, 6.07) is 6.20. The highest BCUT2D eigenvalue weighted by atomic mass is 32.2. The van der Waals surface area contributed by atoms with Gasteiger partial charge >= 0.3 is 5.97 Å². The maximum atomic E-state index is 12.0. The number of carbonyl (C=O) groups is 2. The summed E-state index contributed by atoms with van der Waals surface area (Å²) in [6.45, 7) is 0.416. The summed E-state index contributed by atoms with van der Waals surface area (Å²) in [7, 11) is -3.01. The Morgan fingerprint density at radius 2 is 1.85 bits per heavy atom. The minimum Gasteiger partial charge on any atom is -0.478 e. The van der Waals surface area contributed by atoms with Crippen LogP contribution in [0.15, 0.2) is 24.3 Å². The Bertz CT molecular complexity index is 624. The zero-order valence-electron chi connectivity index (χ0n) is 10.8. The van der Waals surface area contributed by atoms with Gasteiger partial charge < -0.3 is 10.0 Å². The second kappa shape index (κ2) is 5.62. The monoisotopic (exact) mass is 297 g/mol. The Balaban J connectivity index is 2.02. The number of carboxylic acid groups (broad SMARTS) is 1.